The number of carbonyl (C=O) groups excluding carboxylic acids is 2. The molecule has 0 aromatic heterocycles. The fourth-order valence-corrected chi connectivity index (χ4v) is 2.86. The van der Waals surface area contributed by atoms with Crippen molar-refractivity contribution in [2.24, 2.45) is 5.73 Å². The predicted molar refractivity (Wildman–Crippen MR) is 94.6 cm³/mol. The van der Waals surface area contributed by atoms with E-state index in [4.69, 9.17) is 26.8 Å². The average Bonchev–Trinajstić information content (AvgIpc) is 2.53. The summed E-state index contributed by atoms with van der Waals surface area (Å²) in [5.41, 5.74) is 4.44. The summed E-state index contributed by atoms with van der Waals surface area (Å²) in [6, 6.07) is 6.90. The number of nitrogens with two attached hydrogens (primary N) is 1. The summed E-state index contributed by atoms with van der Waals surface area (Å²) in [5, 5.41) is 0.605. The van der Waals surface area contributed by atoms with E-state index in [0.717, 1.165) is 0 Å². The van der Waals surface area contributed by atoms with Gasteiger partial charge < -0.3 is 25.0 Å². The van der Waals surface area contributed by atoms with Gasteiger partial charge in [-0.1, -0.05) is 11.6 Å². The number of hydrogen-bond donors (Lipinski definition) is 1. The van der Waals surface area contributed by atoms with Crippen LogP contribution in [0.3, 0.4) is 0 Å². The first-order chi connectivity index (χ1) is 11.8. The quantitative estimate of drug-likeness (QED) is 0.766. The average molecular weight is 370 g/mol. The van der Waals surface area contributed by atoms with Crippen LogP contribution in [0.15, 0.2) is 24.3 Å². The Labute approximate surface area is 152 Å². The molecule has 0 bridgehead atoms. The summed E-state index contributed by atoms with van der Waals surface area (Å²) >= 11 is 5.86. The lowest BCUT2D eigenvalue weighted by Gasteiger charge is -2.42. The van der Waals surface area contributed by atoms with Crippen LogP contribution < -0.4 is 10.5 Å². The highest BCUT2D eigenvalue weighted by molar-refractivity contribution is 6.30. The van der Waals surface area contributed by atoms with Crippen LogP contribution >= 0.6 is 11.6 Å². The first kappa shape index (κ1) is 19.5. The van der Waals surface area contributed by atoms with Crippen molar-refractivity contribution in [3.05, 3.63) is 29.3 Å². The molecule has 1 unspecified atom stereocenters. The molecule has 1 atom stereocenters. The lowest BCUT2D eigenvalue weighted by molar-refractivity contribution is -0.162. The van der Waals surface area contributed by atoms with Crippen LogP contribution in [0.25, 0.3) is 0 Å². The highest BCUT2D eigenvalue weighted by Gasteiger charge is 2.40. The summed E-state index contributed by atoms with van der Waals surface area (Å²) in [6.07, 6.45) is -0.0215. The second-order valence-electron chi connectivity index (χ2n) is 6.47. The molecule has 1 saturated heterocycles. The molecule has 1 heterocycles. The van der Waals surface area contributed by atoms with E-state index in [2.05, 4.69) is 0 Å². The molecular weight excluding hydrogens is 346 g/mol. The minimum Gasteiger partial charge on any atom is -0.490 e. The van der Waals surface area contributed by atoms with Crippen molar-refractivity contribution >= 4 is 23.4 Å². The monoisotopic (exact) mass is 369 g/mol. The number of primary amides is 1. The second kappa shape index (κ2) is 8.51. The second-order valence-corrected chi connectivity index (χ2v) is 6.91. The molecule has 2 rings (SSSR count). The SMILES string of the molecule is CN(C)CC(=O)N1CCOC(COc2ccc(Cl)cc2)(CC(N)=O)C1. The number of nitrogens with zero attached hydrogens (tertiary/aromatic N) is 2. The van der Waals surface area contributed by atoms with E-state index in [1.54, 1.807) is 34.1 Å². The maximum atomic E-state index is 12.4. The van der Waals surface area contributed by atoms with Gasteiger partial charge in [0.15, 0.2) is 0 Å². The molecule has 138 valence electrons. The third-order valence-corrected chi connectivity index (χ3v) is 4.12. The van der Waals surface area contributed by atoms with Crippen molar-refractivity contribution in [2.45, 2.75) is 12.0 Å². The van der Waals surface area contributed by atoms with Gasteiger partial charge in [-0.2, -0.15) is 0 Å². The Hall–Kier alpha value is -1.83. The topological polar surface area (TPSA) is 85.1 Å². The van der Waals surface area contributed by atoms with E-state index in [1.165, 1.54) is 0 Å². The van der Waals surface area contributed by atoms with Gasteiger partial charge in [0.1, 0.15) is 18.0 Å². The Bertz CT molecular complexity index is 608. The standard InChI is InChI=1S/C17H24ClN3O4/c1-20(2)10-16(23)21-7-8-25-17(11-21,9-15(19)22)12-24-14-5-3-13(18)4-6-14/h3-6H,7-12H2,1-2H3,(H2,19,22). The summed E-state index contributed by atoms with van der Waals surface area (Å²) in [5.74, 6) is 0.0869. The van der Waals surface area contributed by atoms with E-state index in [1.807, 2.05) is 14.1 Å². The van der Waals surface area contributed by atoms with Crippen LogP contribution in [0.4, 0.5) is 0 Å². The zero-order chi connectivity index (χ0) is 18.4. The van der Waals surface area contributed by atoms with E-state index in [-0.39, 0.29) is 25.5 Å². The lowest BCUT2D eigenvalue weighted by Crippen LogP contribution is -2.58. The van der Waals surface area contributed by atoms with Gasteiger partial charge in [0.05, 0.1) is 26.1 Å². The lowest BCUT2D eigenvalue weighted by atomic mass is 9.97. The third-order valence-electron chi connectivity index (χ3n) is 3.86. The van der Waals surface area contributed by atoms with Crippen LogP contribution in [0.2, 0.25) is 5.02 Å². The fourth-order valence-electron chi connectivity index (χ4n) is 2.74. The van der Waals surface area contributed by atoms with Gasteiger partial charge in [-0.05, 0) is 38.4 Å². The zero-order valence-corrected chi connectivity index (χ0v) is 15.3. The van der Waals surface area contributed by atoms with Crippen molar-refractivity contribution < 1.29 is 19.1 Å². The van der Waals surface area contributed by atoms with Gasteiger partial charge >= 0.3 is 0 Å². The first-order valence-electron chi connectivity index (χ1n) is 8.03. The fraction of sp³-hybridized carbons (Fsp3) is 0.529. The molecule has 2 N–H and O–H groups in total. The summed E-state index contributed by atoms with van der Waals surface area (Å²) < 4.78 is 11.6. The number of ether oxygens (including phenoxy) is 2. The predicted octanol–water partition coefficient (Wildman–Crippen LogP) is 0.753. The van der Waals surface area contributed by atoms with Gasteiger partial charge in [0.25, 0.3) is 0 Å². The Balaban J connectivity index is 2.08. The smallest absolute Gasteiger partial charge is 0.236 e. The number of benzene rings is 1. The van der Waals surface area contributed by atoms with Gasteiger partial charge in [-0.15, -0.1) is 0 Å². The molecule has 1 aromatic rings. The van der Waals surface area contributed by atoms with Gasteiger partial charge in [0, 0.05) is 11.6 Å². The molecular formula is C17H24ClN3O4. The third kappa shape index (κ3) is 5.88. The molecule has 1 aliphatic heterocycles. The maximum absolute atomic E-state index is 12.4. The Morgan fingerprint density at radius 2 is 2.04 bits per heavy atom. The number of rotatable bonds is 7. The zero-order valence-electron chi connectivity index (χ0n) is 14.5. The van der Waals surface area contributed by atoms with Crippen molar-refractivity contribution in [1.29, 1.82) is 0 Å². The van der Waals surface area contributed by atoms with Crippen LogP contribution in [-0.2, 0) is 14.3 Å². The van der Waals surface area contributed by atoms with Crippen LogP contribution in [0.5, 0.6) is 5.75 Å². The largest absolute Gasteiger partial charge is 0.490 e. The highest BCUT2D eigenvalue weighted by atomic mass is 35.5. The van der Waals surface area contributed by atoms with Crippen molar-refractivity contribution in [3.8, 4) is 5.75 Å². The summed E-state index contributed by atoms with van der Waals surface area (Å²) in [7, 11) is 3.66. The number of carbonyl (C=O) groups is 2. The minimum atomic E-state index is -0.953. The van der Waals surface area contributed by atoms with Crippen molar-refractivity contribution in [2.75, 3.05) is 46.9 Å². The highest BCUT2D eigenvalue weighted by Crippen LogP contribution is 2.25. The molecule has 8 heteroatoms. The molecule has 0 aliphatic carbocycles. The van der Waals surface area contributed by atoms with Gasteiger partial charge in [0.2, 0.25) is 11.8 Å². The van der Waals surface area contributed by atoms with E-state index in [9.17, 15) is 9.59 Å². The molecule has 2 amide bonds. The summed E-state index contributed by atoms with van der Waals surface area (Å²) in [4.78, 5) is 27.4. The first-order valence-corrected chi connectivity index (χ1v) is 8.41. The van der Waals surface area contributed by atoms with Gasteiger partial charge in [-0.25, -0.2) is 0 Å². The van der Waals surface area contributed by atoms with E-state index >= 15 is 0 Å². The molecule has 7 nitrogen and oxygen atoms in total. The number of halogens is 1. The number of morpholine rings is 1. The van der Waals surface area contributed by atoms with E-state index in [0.29, 0.717) is 30.5 Å². The van der Waals surface area contributed by atoms with Crippen LogP contribution in [0, 0.1) is 0 Å². The van der Waals surface area contributed by atoms with Gasteiger partial charge in [-0.3, -0.25) is 9.59 Å². The molecule has 1 aromatic carbocycles. The van der Waals surface area contributed by atoms with Crippen molar-refractivity contribution in [1.82, 2.24) is 9.80 Å². The Morgan fingerprint density at radius 3 is 2.64 bits per heavy atom. The number of likely N-dealkylation sites (N-methyl/N-ethyl adjacent to an activating group) is 1. The maximum Gasteiger partial charge on any atom is 0.236 e. The van der Waals surface area contributed by atoms with Crippen LogP contribution in [-0.4, -0.2) is 74.2 Å². The molecule has 25 heavy (non-hydrogen) atoms. The molecule has 0 radical (unpaired) electrons. The number of amides is 2. The Kier molecular flexibility index (Phi) is 6.64. The van der Waals surface area contributed by atoms with Crippen LogP contribution in [0.1, 0.15) is 6.42 Å². The molecule has 1 fully saturated rings. The van der Waals surface area contributed by atoms with E-state index < -0.39 is 11.5 Å². The number of hydrogen-bond acceptors (Lipinski definition) is 5. The normalized spacial score (nSPS) is 20.6. The molecule has 1 aliphatic rings. The Morgan fingerprint density at radius 1 is 1.36 bits per heavy atom. The molecule has 0 saturated carbocycles. The minimum absolute atomic E-state index is 0.0198. The van der Waals surface area contributed by atoms with Crippen molar-refractivity contribution in [3.63, 3.8) is 0 Å². The molecule has 0 spiro atoms. The summed E-state index contributed by atoms with van der Waals surface area (Å²) in [6.45, 7) is 1.48.